The zero-order valence-corrected chi connectivity index (χ0v) is 27.6. The van der Waals surface area contributed by atoms with Gasteiger partial charge in [0, 0.05) is 12.8 Å². The Hall–Kier alpha value is -1.96. The number of aliphatic hydroxyl groups is 3. The highest BCUT2D eigenvalue weighted by atomic mass is 16.6. The van der Waals surface area contributed by atoms with E-state index in [4.69, 9.17) is 9.47 Å². The lowest BCUT2D eigenvalue weighted by atomic mass is 10.00. The van der Waals surface area contributed by atoms with Crippen molar-refractivity contribution in [1.82, 2.24) is 0 Å². The summed E-state index contributed by atoms with van der Waals surface area (Å²) in [6.45, 7) is 6.12. The van der Waals surface area contributed by atoms with Gasteiger partial charge in [-0.25, -0.2) is 0 Å². The van der Waals surface area contributed by atoms with Gasteiger partial charge in [0.2, 0.25) is 0 Å². The number of hydrogen-bond acceptors (Lipinski definition) is 7. The Morgan fingerprint density at radius 2 is 1.33 bits per heavy atom. The number of ether oxygens (including phenoxy) is 2. The van der Waals surface area contributed by atoms with Crippen LogP contribution in [0.1, 0.15) is 143 Å². The zero-order chi connectivity index (χ0) is 32.0. The molecule has 4 atom stereocenters. The maximum atomic E-state index is 12.1. The molecule has 0 heterocycles. The first kappa shape index (κ1) is 41.0. The quantitative estimate of drug-likeness (QED) is 0.0449. The molecule has 250 valence electrons. The number of hydrogen-bond donors (Lipinski definition) is 3. The summed E-state index contributed by atoms with van der Waals surface area (Å²) in [6.07, 6.45) is 26.7. The van der Waals surface area contributed by atoms with Gasteiger partial charge in [-0.05, 0) is 57.3 Å². The number of unbranched alkanes of at least 4 members (excludes halogenated alkanes) is 8. The van der Waals surface area contributed by atoms with Crippen LogP contribution in [0.3, 0.4) is 0 Å². The van der Waals surface area contributed by atoms with E-state index in [1.165, 1.54) is 51.4 Å². The van der Waals surface area contributed by atoms with Gasteiger partial charge in [0.25, 0.3) is 0 Å². The fourth-order valence-electron chi connectivity index (χ4n) is 4.51. The number of rotatable bonds is 29. The van der Waals surface area contributed by atoms with Crippen LogP contribution in [0.5, 0.6) is 0 Å². The molecule has 7 nitrogen and oxygen atoms in total. The third-order valence-electron chi connectivity index (χ3n) is 7.68. The van der Waals surface area contributed by atoms with Crippen molar-refractivity contribution in [2.45, 2.75) is 161 Å². The SMILES string of the molecule is CCCCC/C=C\C/C=C\C/C=C\CC(O)C(O)CCCC(=O)O[C@@H](CO)COC(=O)CCCCCCCCC(C)CC. The molecule has 3 unspecified atom stereocenters. The third kappa shape index (κ3) is 27.3. The molecular formula is C36H64O7. The second kappa shape index (κ2) is 30.1. The number of carbonyl (C=O) groups is 2. The Morgan fingerprint density at radius 1 is 0.698 bits per heavy atom. The monoisotopic (exact) mass is 608 g/mol. The van der Waals surface area contributed by atoms with Crippen molar-refractivity contribution in [3.63, 3.8) is 0 Å². The minimum absolute atomic E-state index is 0.0409. The Kier molecular flexibility index (Phi) is 28.7. The van der Waals surface area contributed by atoms with E-state index in [2.05, 4.69) is 45.1 Å². The van der Waals surface area contributed by atoms with Crippen molar-refractivity contribution in [2.24, 2.45) is 5.92 Å². The van der Waals surface area contributed by atoms with E-state index in [1.807, 2.05) is 12.2 Å². The third-order valence-corrected chi connectivity index (χ3v) is 7.68. The summed E-state index contributed by atoms with van der Waals surface area (Å²) in [4.78, 5) is 24.1. The van der Waals surface area contributed by atoms with E-state index in [0.29, 0.717) is 19.3 Å². The lowest BCUT2D eigenvalue weighted by Gasteiger charge is -2.17. The van der Waals surface area contributed by atoms with Crippen LogP contribution in [-0.2, 0) is 19.1 Å². The van der Waals surface area contributed by atoms with Crippen LogP contribution in [0, 0.1) is 5.92 Å². The van der Waals surface area contributed by atoms with Gasteiger partial charge in [0.1, 0.15) is 6.61 Å². The van der Waals surface area contributed by atoms with Crippen LogP contribution in [0.15, 0.2) is 36.5 Å². The van der Waals surface area contributed by atoms with Crippen LogP contribution in [-0.4, -0.2) is 58.8 Å². The van der Waals surface area contributed by atoms with Crippen molar-refractivity contribution in [2.75, 3.05) is 13.2 Å². The first-order valence-electron chi connectivity index (χ1n) is 17.1. The molecule has 0 rings (SSSR count). The Labute approximate surface area is 262 Å². The lowest BCUT2D eigenvalue weighted by molar-refractivity contribution is -0.161. The van der Waals surface area contributed by atoms with Crippen molar-refractivity contribution >= 4 is 11.9 Å². The Balaban J connectivity index is 3.92. The second-order valence-corrected chi connectivity index (χ2v) is 11.8. The summed E-state index contributed by atoms with van der Waals surface area (Å²) in [6, 6.07) is 0. The van der Waals surface area contributed by atoms with Crippen molar-refractivity contribution in [1.29, 1.82) is 0 Å². The first-order chi connectivity index (χ1) is 20.8. The molecule has 0 saturated carbocycles. The Morgan fingerprint density at radius 3 is 2.00 bits per heavy atom. The molecular weight excluding hydrogens is 544 g/mol. The molecule has 43 heavy (non-hydrogen) atoms. The largest absolute Gasteiger partial charge is 0.462 e. The van der Waals surface area contributed by atoms with Gasteiger partial charge in [0.15, 0.2) is 6.10 Å². The molecule has 0 saturated heterocycles. The molecule has 0 bridgehead atoms. The maximum absolute atomic E-state index is 12.1. The Bertz CT molecular complexity index is 746. The highest BCUT2D eigenvalue weighted by Gasteiger charge is 2.18. The fraction of sp³-hybridized carbons (Fsp3) is 0.778. The van der Waals surface area contributed by atoms with Gasteiger partial charge in [-0.1, -0.05) is 115 Å². The van der Waals surface area contributed by atoms with Gasteiger partial charge in [-0.2, -0.15) is 0 Å². The van der Waals surface area contributed by atoms with Crippen LogP contribution >= 0.6 is 0 Å². The van der Waals surface area contributed by atoms with Gasteiger partial charge in [0.05, 0.1) is 18.8 Å². The molecule has 0 spiro atoms. The van der Waals surface area contributed by atoms with Crippen LogP contribution in [0.4, 0.5) is 0 Å². The maximum Gasteiger partial charge on any atom is 0.306 e. The van der Waals surface area contributed by atoms with E-state index in [9.17, 15) is 24.9 Å². The molecule has 3 N–H and O–H groups in total. The van der Waals surface area contributed by atoms with Gasteiger partial charge in [-0.3, -0.25) is 9.59 Å². The van der Waals surface area contributed by atoms with Gasteiger partial charge in [-0.15, -0.1) is 0 Å². The summed E-state index contributed by atoms with van der Waals surface area (Å²) in [5.74, 6) is -0.0800. The van der Waals surface area contributed by atoms with Crippen molar-refractivity contribution in [3.8, 4) is 0 Å². The summed E-state index contributed by atoms with van der Waals surface area (Å²) in [5, 5.41) is 29.9. The second-order valence-electron chi connectivity index (χ2n) is 11.8. The summed E-state index contributed by atoms with van der Waals surface area (Å²) < 4.78 is 10.4. The molecule has 0 aromatic carbocycles. The molecule has 0 radical (unpaired) electrons. The van der Waals surface area contributed by atoms with Gasteiger partial charge >= 0.3 is 11.9 Å². The predicted molar refractivity (Wildman–Crippen MR) is 176 cm³/mol. The predicted octanol–water partition coefficient (Wildman–Crippen LogP) is 7.91. The summed E-state index contributed by atoms with van der Waals surface area (Å²) >= 11 is 0. The number of carbonyl (C=O) groups excluding carboxylic acids is 2. The van der Waals surface area contributed by atoms with Crippen LogP contribution in [0.25, 0.3) is 0 Å². The highest BCUT2D eigenvalue weighted by molar-refractivity contribution is 5.70. The average molecular weight is 609 g/mol. The number of allylic oxidation sites excluding steroid dienone is 5. The summed E-state index contributed by atoms with van der Waals surface area (Å²) in [7, 11) is 0. The molecule has 0 aliphatic heterocycles. The molecule has 0 aliphatic carbocycles. The molecule has 0 aliphatic rings. The zero-order valence-electron chi connectivity index (χ0n) is 27.6. The minimum atomic E-state index is -0.940. The first-order valence-corrected chi connectivity index (χ1v) is 17.1. The van der Waals surface area contributed by atoms with E-state index in [1.54, 1.807) is 0 Å². The normalized spacial score (nSPS) is 14.8. The minimum Gasteiger partial charge on any atom is -0.462 e. The topological polar surface area (TPSA) is 113 Å². The van der Waals surface area contributed by atoms with Crippen LogP contribution < -0.4 is 0 Å². The molecule has 0 amide bonds. The fourth-order valence-corrected chi connectivity index (χ4v) is 4.51. The van der Waals surface area contributed by atoms with E-state index >= 15 is 0 Å². The van der Waals surface area contributed by atoms with Crippen molar-refractivity contribution < 1.29 is 34.4 Å². The number of aliphatic hydroxyl groups excluding tert-OH is 3. The molecule has 7 heteroatoms. The smallest absolute Gasteiger partial charge is 0.306 e. The van der Waals surface area contributed by atoms with E-state index in [-0.39, 0.29) is 25.4 Å². The average Bonchev–Trinajstić information content (AvgIpc) is 3.00. The summed E-state index contributed by atoms with van der Waals surface area (Å²) in [5.41, 5.74) is 0. The number of esters is 2. The van der Waals surface area contributed by atoms with E-state index < -0.39 is 30.9 Å². The molecule has 0 aromatic heterocycles. The standard InChI is InChI=1S/C36H64O7/c1-4-6-7-8-9-10-11-12-13-14-18-21-25-33(38)34(39)26-23-28-36(41)43-32(29-37)30-42-35(40)27-22-19-16-15-17-20-24-31(3)5-2/h9-10,12-13,18,21,31-34,37-39H,4-8,11,14-17,19-20,22-30H2,1-3H3/b10-9-,13-12-,21-18-/t31?,32-,33?,34?/m0/s1. The lowest BCUT2D eigenvalue weighted by Crippen LogP contribution is -2.29. The van der Waals surface area contributed by atoms with Crippen LogP contribution in [0.2, 0.25) is 0 Å². The van der Waals surface area contributed by atoms with Crippen molar-refractivity contribution in [3.05, 3.63) is 36.5 Å². The van der Waals surface area contributed by atoms with Gasteiger partial charge < -0.3 is 24.8 Å². The van der Waals surface area contributed by atoms with E-state index in [0.717, 1.165) is 44.4 Å². The molecule has 0 aromatic rings. The highest BCUT2D eigenvalue weighted by Crippen LogP contribution is 2.15. The molecule has 0 fully saturated rings.